The van der Waals surface area contributed by atoms with Crippen molar-refractivity contribution >= 4 is 5.91 Å². The molecule has 0 heterocycles. The third-order valence-corrected chi connectivity index (χ3v) is 2.48. The van der Waals surface area contributed by atoms with Gasteiger partial charge < -0.3 is 5.73 Å². The molecule has 0 unspecified atom stereocenters. The van der Waals surface area contributed by atoms with Crippen molar-refractivity contribution in [1.82, 2.24) is 0 Å². The second-order valence-electron chi connectivity index (χ2n) is 3.66. The molecular weight excluding hydrogens is 164 g/mol. The Labute approximate surface area is 78.2 Å². The Hall–Kier alpha value is -1.30. The van der Waals surface area contributed by atoms with Crippen LogP contribution in [0.15, 0.2) is 11.1 Å². The summed E-state index contributed by atoms with van der Waals surface area (Å²) in [4.78, 5) is 10.9. The van der Waals surface area contributed by atoms with E-state index in [1.807, 2.05) is 6.07 Å². The van der Waals surface area contributed by atoms with E-state index < -0.39 is 5.91 Å². The van der Waals surface area contributed by atoms with Crippen molar-refractivity contribution in [1.29, 1.82) is 5.26 Å². The lowest BCUT2D eigenvalue weighted by Crippen LogP contribution is -2.17. The van der Waals surface area contributed by atoms with Crippen molar-refractivity contribution in [2.75, 3.05) is 0 Å². The maximum atomic E-state index is 10.9. The molecule has 1 amide bonds. The van der Waals surface area contributed by atoms with Crippen LogP contribution >= 0.6 is 0 Å². The number of nitriles is 1. The Morgan fingerprint density at radius 3 is 2.85 bits per heavy atom. The third kappa shape index (κ3) is 2.32. The fourth-order valence-electron chi connectivity index (χ4n) is 1.82. The fraction of sp³-hybridized carbons (Fsp3) is 0.600. The summed E-state index contributed by atoms with van der Waals surface area (Å²) in [7, 11) is 0. The predicted molar refractivity (Wildman–Crippen MR) is 49.5 cm³/mol. The number of primary amides is 1. The molecule has 0 saturated heterocycles. The minimum absolute atomic E-state index is 0.187. The molecule has 3 heteroatoms. The van der Waals surface area contributed by atoms with Crippen LogP contribution in [0.25, 0.3) is 0 Å². The Morgan fingerprint density at radius 2 is 2.38 bits per heavy atom. The van der Waals surface area contributed by atoms with E-state index in [1.54, 1.807) is 0 Å². The Kier molecular flexibility index (Phi) is 3.07. The van der Waals surface area contributed by atoms with Gasteiger partial charge in [0.15, 0.2) is 0 Å². The van der Waals surface area contributed by atoms with Gasteiger partial charge >= 0.3 is 0 Å². The van der Waals surface area contributed by atoms with E-state index in [4.69, 9.17) is 11.0 Å². The van der Waals surface area contributed by atoms with Gasteiger partial charge in [0, 0.05) is 0 Å². The van der Waals surface area contributed by atoms with E-state index in [9.17, 15) is 4.79 Å². The summed E-state index contributed by atoms with van der Waals surface area (Å²) in [6, 6.07) is 1.90. The predicted octanol–water partition coefficient (Wildman–Crippen LogP) is 1.50. The minimum atomic E-state index is -0.577. The molecule has 1 aliphatic carbocycles. The Bertz CT molecular complexity index is 286. The lowest BCUT2D eigenvalue weighted by Gasteiger charge is -2.20. The molecule has 1 atom stereocenters. The average Bonchev–Trinajstić information content (AvgIpc) is 2.04. The van der Waals surface area contributed by atoms with E-state index in [0.717, 1.165) is 24.8 Å². The van der Waals surface area contributed by atoms with E-state index in [1.165, 1.54) is 6.42 Å². The summed E-state index contributed by atoms with van der Waals surface area (Å²) in [5, 5.41) is 8.73. The molecular formula is C10H14N2O. The van der Waals surface area contributed by atoms with E-state index in [-0.39, 0.29) is 5.57 Å². The Balaban J connectivity index is 2.88. The van der Waals surface area contributed by atoms with Gasteiger partial charge in [0.05, 0.1) is 0 Å². The standard InChI is InChI=1S/C10H14N2O/c1-7-3-2-4-8(5-7)9(6-11)10(12)13/h7H,2-5H2,1H3,(H2,12,13)/b9-8+/t7-/m0/s1. The van der Waals surface area contributed by atoms with Gasteiger partial charge in [-0.3, -0.25) is 4.79 Å². The summed E-state index contributed by atoms with van der Waals surface area (Å²) in [6.45, 7) is 2.13. The topological polar surface area (TPSA) is 66.9 Å². The number of hydrogen-bond acceptors (Lipinski definition) is 2. The van der Waals surface area contributed by atoms with Gasteiger partial charge in [-0.25, -0.2) is 0 Å². The molecule has 1 aliphatic rings. The molecule has 0 bridgehead atoms. The first-order valence-electron chi connectivity index (χ1n) is 4.57. The van der Waals surface area contributed by atoms with Gasteiger partial charge in [-0.2, -0.15) is 5.26 Å². The number of carbonyl (C=O) groups excluding carboxylic acids is 1. The van der Waals surface area contributed by atoms with E-state index >= 15 is 0 Å². The minimum Gasteiger partial charge on any atom is -0.365 e. The monoisotopic (exact) mass is 178 g/mol. The third-order valence-electron chi connectivity index (χ3n) is 2.48. The second kappa shape index (κ2) is 4.08. The van der Waals surface area contributed by atoms with Crippen LogP contribution in [0.2, 0.25) is 0 Å². The first-order valence-corrected chi connectivity index (χ1v) is 4.57. The SMILES string of the molecule is C[C@H]1CCC/C(=C(/C#N)C(N)=O)C1. The van der Waals surface area contributed by atoms with Crippen LogP contribution in [-0.2, 0) is 4.79 Å². The van der Waals surface area contributed by atoms with Gasteiger partial charge in [0.25, 0.3) is 5.91 Å². The summed E-state index contributed by atoms with van der Waals surface area (Å²) in [6.07, 6.45) is 3.96. The van der Waals surface area contributed by atoms with Crippen molar-refractivity contribution in [3.8, 4) is 6.07 Å². The quantitative estimate of drug-likeness (QED) is 0.488. The number of carbonyl (C=O) groups is 1. The highest BCUT2D eigenvalue weighted by Crippen LogP contribution is 2.29. The van der Waals surface area contributed by atoms with Crippen molar-refractivity contribution in [2.24, 2.45) is 11.7 Å². The second-order valence-corrected chi connectivity index (χ2v) is 3.66. The largest absolute Gasteiger partial charge is 0.365 e. The van der Waals surface area contributed by atoms with Crippen LogP contribution < -0.4 is 5.73 Å². The highest BCUT2D eigenvalue weighted by molar-refractivity contribution is 5.96. The zero-order valence-electron chi connectivity index (χ0n) is 7.84. The van der Waals surface area contributed by atoms with Crippen LogP contribution in [0.3, 0.4) is 0 Å². The number of allylic oxidation sites excluding steroid dienone is 1. The number of hydrogen-bond donors (Lipinski definition) is 1. The Morgan fingerprint density at radius 1 is 1.69 bits per heavy atom. The molecule has 70 valence electrons. The zero-order chi connectivity index (χ0) is 9.84. The zero-order valence-corrected chi connectivity index (χ0v) is 7.84. The number of nitrogens with two attached hydrogens (primary N) is 1. The number of nitrogens with zero attached hydrogens (tertiary/aromatic N) is 1. The molecule has 0 spiro atoms. The normalized spacial score (nSPS) is 26.3. The molecule has 0 aliphatic heterocycles. The molecule has 3 nitrogen and oxygen atoms in total. The molecule has 13 heavy (non-hydrogen) atoms. The molecule has 0 aromatic rings. The van der Waals surface area contributed by atoms with E-state index in [0.29, 0.717) is 5.92 Å². The fourth-order valence-corrected chi connectivity index (χ4v) is 1.82. The summed E-state index contributed by atoms with van der Waals surface area (Å²) >= 11 is 0. The van der Waals surface area contributed by atoms with Gasteiger partial charge in [-0.15, -0.1) is 0 Å². The maximum Gasteiger partial charge on any atom is 0.259 e. The van der Waals surface area contributed by atoms with E-state index in [2.05, 4.69) is 6.92 Å². The number of amides is 1. The summed E-state index contributed by atoms with van der Waals surface area (Å²) in [5.41, 5.74) is 6.24. The molecule has 0 radical (unpaired) electrons. The molecule has 1 saturated carbocycles. The van der Waals surface area contributed by atoms with Gasteiger partial charge in [0.1, 0.15) is 11.6 Å². The first-order chi connectivity index (χ1) is 6.15. The highest BCUT2D eigenvalue weighted by atomic mass is 16.1. The summed E-state index contributed by atoms with van der Waals surface area (Å²) < 4.78 is 0. The highest BCUT2D eigenvalue weighted by Gasteiger charge is 2.18. The van der Waals surface area contributed by atoms with Crippen LogP contribution in [0.1, 0.15) is 32.6 Å². The molecule has 1 rings (SSSR count). The van der Waals surface area contributed by atoms with Crippen molar-refractivity contribution in [3.05, 3.63) is 11.1 Å². The molecule has 1 fully saturated rings. The lowest BCUT2D eigenvalue weighted by atomic mass is 9.84. The van der Waals surface area contributed by atoms with Crippen molar-refractivity contribution in [2.45, 2.75) is 32.6 Å². The van der Waals surface area contributed by atoms with Crippen molar-refractivity contribution in [3.63, 3.8) is 0 Å². The van der Waals surface area contributed by atoms with Crippen LogP contribution in [-0.4, -0.2) is 5.91 Å². The van der Waals surface area contributed by atoms with Gasteiger partial charge in [-0.05, 0) is 30.8 Å². The summed E-state index contributed by atoms with van der Waals surface area (Å²) in [5.74, 6) is -0.00181. The van der Waals surface area contributed by atoms with Crippen LogP contribution in [0, 0.1) is 17.2 Å². The van der Waals surface area contributed by atoms with Gasteiger partial charge in [0.2, 0.25) is 0 Å². The van der Waals surface area contributed by atoms with Crippen molar-refractivity contribution < 1.29 is 4.79 Å². The molecule has 2 N–H and O–H groups in total. The first kappa shape index (κ1) is 9.79. The van der Waals surface area contributed by atoms with Gasteiger partial charge in [-0.1, -0.05) is 13.3 Å². The van der Waals surface area contributed by atoms with Crippen LogP contribution in [0.4, 0.5) is 0 Å². The maximum absolute atomic E-state index is 10.9. The lowest BCUT2D eigenvalue weighted by molar-refractivity contribution is -0.114. The average molecular weight is 178 g/mol. The smallest absolute Gasteiger partial charge is 0.259 e. The molecule has 0 aromatic heterocycles. The molecule has 0 aromatic carbocycles. The number of rotatable bonds is 1. The van der Waals surface area contributed by atoms with Crippen LogP contribution in [0.5, 0.6) is 0 Å².